The van der Waals surface area contributed by atoms with Crippen molar-refractivity contribution in [3.8, 4) is 0 Å². The van der Waals surface area contributed by atoms with Gasteiger partial charge in [-0.25, -0.2) is 0 Å². The van der Waals surface area contributed by atoms with Gasteiger partial charge in [-0.05, 0) is 39.4 Å². The van der Waals surface area contributed by atoms with Crippen molar-refractivity contribution < 1.29 is 0 Å². The van der Waals surface area contributed by atoms with Crippen LogP contribution in [-0.4, -0.2) is 44.1 Å². The van der Waals surface area contributed by atoms with Crippen molar-refractivity contribution in [2.45, 2.75) is 44.7 Å². The number of rotatable bonds is 6. The van der Waals surface area contributed by atoms with Crippen molar-refractivity contribution >= 4 is 29.9 Å². The maximum atomic E-state index is 4.83. The van der Waals surface area contributed by atoms with Crippen molar-refractivity contribution in [2.24, 2.45) is 4.99 Å². The van der Waals surface area contributed by atoms with Gasteiger partial charge in [-0.3, -0.25) is 4.99 Å². The first-order chi connectivity index (χ1) is 10.7. The highest BCUT2D eigenvalue weighted by atomic mass is 127. The van der Waals surface area contributed by atoms with Crippen LogP contribution in [0.3, 0.4) is 0 Å². The first kappa shape index (κ1) is 20.2. The van der Waals surface area contributed by atoms with Gasteiger partial charge >= 0.3 is 0 Å². The fraction of sp³-hybridized carbons (Fsp3) is 0.611. The second-order valence-corrected chi connectivity index (χ2v) is 6.24. The number of aliphatic imine (C=N–C) groups is 1. The maximum Gasteiger partial charge on any atom is 0.191 e. The van der Waals surface area contributed by atoms with Crippen molar-refractivity contribution in [1.82, 2.24) is 15.5 Å². The van der Waals surface area contributed by atoms with E-state index in [1.54, 1.807) is 0 Å². The molecule has 0 aliphatic heterocycles. The summed E-state index contributed by atoms with van der Waals surface area (Å²) >= 11 is 0. The van der Waals surface area contributed by atoms with Gasteiger partial charge < -0.3 is 15.5 Å². The Hall–Kier alpha value is -0.820. The summed E-state index contributed by atoms with van der Waals surface area (Å²) in [5.74, 6) is 0.956. The van der Waals surface area contributed by atoms with Gasteiger partial charge in [-0.1, -0.05) is 43.2 Å². The first-order valence-electron chi connectivity index (χ1n) is 8.47. The second-order valence-electron chi connectivity index (χ2n) is 6.24. The smallest absolute Gasteiger partial charge is 0.191 e. The molecule has 2 N–H and O–H groups in total. The fourth-order valence-electron chi connectivity index (χ4n) is 3.00. The number of hydrogen-bond donors (Lipinski definition) is 2. The van der Waals surface area contributed by atoms with E-state index in [9.17, 15) is 0 Å². The van der Waals surface area contributed by atoms with E-state index in [1.165, 1.54) is 31.2 Å². The number of likely N-dealkylation sites (N-methyl/N-ethyl adjacent to an activating group) is 1. The van der Waals surface area contributed by atoms with E-state index in [2.05, 4.69) is 66.9 Å². The molecule has 23 heavy (non-hydrogen) atoms. The standard InChI is InChI=1S/C18H30N4.HI/c1-4-19-18(21-16-12-8-9-13-16)20-14-17(22(2)3)15-10-6-5-7-11-15;/h5-7,10-11,16-17H,4,8-9,12-14H2,1-3H3,(H2,19,20,21);1H. The van der Waals surface area contributed by atoms with Crippen LogP contribution < -0.4 is 10.6 Å². The normalized spacial score (nSPS) is 17.0. The molecule has 1 fully saturated rings. The van der Waals surface area contributed by atoms with Crippen molar-refractivity contribution in [3.63, 3.8) is 0 Å². The van der Waals surface area contributed by atoms with E-state index in [0.29, 0.717) is 12.1 Å². The van der Waals surface area contributed by atoms with Crippen molar-refractivity contribution in [3.05, 3.63) is 35.9 Å². The van der Waals surface area contributed by atoms with E-state index >= 15 is 0 Å². The van der Waals surface area contributed by atoms with E-state index in [0.717, 1.165) is 19.0 Å². The Kier molecular flexibility index (Phi) is 9.55. The number of hydrogen-bond acceptors (Lipinski definition) is 2. The summed E-state index contributed by atoms with van der Waals surface area (Å²) in [7, 11) is 4.23. The summed E-state index contributed by atoms with van der Waals surface area (Å²) in [6.45, 7) is 3.78. The van der Waals surface area contributed by atoms with Gasteiger partial charge in [-0.15, -0.1) is 24.0 Å². The van der Waals surface area contributed by atoms with Crippen LogP contribution in [0.1, 0.15) is 44.2 Å². The molecule has 1 saturated carbocycles. The molecule has 1 unspecified atom stereocenters. The van der Waals surface area contributed by atoms with Crippen LogP contribution in [0, 0.1) is 0 Å². The second kappa shape index (κ2) is 10.9. The molecule has 1 atom stereocenters. The number of guanidine groups is 1. The molecule has 0 aromatic heterocycles. The zero-order valence-corrected chi connectivity index (χ0v) is 16.9. The Morgan fingerprint density at radius 3 is 2.43 bits per heavy atom. The number of nitrogens with zero attached hydrogens (tertiary/aromatic N) is 2. The molecule has 1 aliphatic rings. The molecule has 5 heteroatoms. The van der Waals surface area contributed by atoms with E-state index in [-0.39, 0.29) is 24.0 Å². The third-order valence-electron chi connectivity index (χ3n) is 4.27. The molecule has 0 amide bonds. The van der Waals surface area contributed by atoms with Crippen LogP contribution in [-0.2, 0) is 0 Å². The molecule has 0 radical (unpaired) electrons. The molecule has 0 heterocycles. The zero-order chi connectivity index (χ0) is 15.8. The maximum absolute atomic E-state index is 4.83. The lowest BCUT2D eigenvalue weighted by atomic mass is 10.1. The molecular formula is C18H31IN4. The number of halogens is 1. The third-order valence-corrected chi connectivity index (χ3v) is 4.27. The molecule has 0 saturated heterocycles. The SMILES string of the molecule is CCNC(=NCC(c1ccccc1)N(C)C)NC1CCCC1.I. The minimum Gasteiger partial charge on any atom is -0.357 e. The molecular weight excluding hydrogens is 399 g/mol. The van der Waals surface area contributed by atoms with Crippen LogP contribution in [0.5, 0.6) is 0 Å². The molecule has 130 valence electrons. The Labute approximate surface area is 158 Å². The summed E-state index contributed by atoms with van der Waals surface area (Å²) < 4.78 is 0. The number of benzene rings is 1. The Morgan fingerprint density at radius 1 is 1.22 bits per heavy atom. The highest BCUT2D eigenvalue weighted by molar-refractivity contribution is 14.0. The Bertz CT molecular complexity index is 455. The van der Waals surface area contributed by atoms with Crippen LogP contribution >= 0.6 is 24.0 Å². The molecule has 0 spiro atoms. The lowest BCUT2D eigenvalue weighted by Crippen LogP contribution is -2.42. The van der Waals surface area contributed by atoms with Gasteiger partial charge in [0.1, 0.15) is 0 Å². The zero-order valence-electron chi connectivity index (χ0n) is 14.6. The molecule has 1 aromatic carbocycles. The van der Waals surface area contributed by atoms with Gasteiger partial charge in [0, 0.05) is 12.6 Å². The molecule has 4 nitrogen and oxygen atoms in total. The van der Waals surface area contributed by atoms with E-state index < -0.39 is 0 Å². The minimum atomic E-state index is 0. The largest absolute Gasteiger partial charge is 0.357 e. The summed E-state index contributed by atoms with van der Waals surface area (Å²) in [6, 6.07) is 11.5. The predicted octanol–water partition coefficient (Wildman–Crippen LogP) is 3.41. The fourth-order valence-corrected chi connectivity index (χ4v) is 3.00. The Morgan fingerprint density at radius 2 is 1.87 bits per heavy atom. The Balaban J connectivity index is 0.00000264. The quantitative estimate of drug-likeness (QED) is 0.413. The minimum absolute atomic E-state index is 0. The summed E-state index contributed by atoms with van der Waals surface area (Å²) in [4.78, 5) is 7.06. The summed E-state index contributed by atoms with van der Waals surface area (Å²) in [5, 5.41) is 6.96. The molecule has 2 rings (SSSR count). The van der Waals surface area contributed by atoms with Crippen LogP contribution in [0.15, 0.2) is 35.3 Å². The third kappa shape index (κ3) is 6.67. The molecule has 1 aliphatic carbocycles. The van der Waals surface area contributed by atoms with Crippen molar-refractivity contribution in [1.29, 1.82) is 0 Å². The lowest BCUT2D eigenvalue weighted by molar-refractivity contribution is 0.306. The monoisotopic (exact) mass is 430 g/mol. The summed E-state index contributed by atoms with van der Waals surface area (Å²) in [6.07, 6.45) is 5.20. The van der Waals surface area contributed by atoms with E-state index in [1.807, 2.05) is 0 Å². The molecule has 0 bridgehead atoms. The van der Waals surface area contributed by atoms with E-state index in [4.69, 9.17) is 4.99 Å². The van der Waals surface area contributed by atoms with Gasteiger partial charge in [-0.2, -0.15) is 0 Å². The first-order valence-corrected chi connectivity index (χ1v) is 8.47. The highest BCUT2D eigenvalue weighted by Gasteiger charge is 2.17. The van der Waals surface area contributed by atoms with Gasteiger partial charge in [0.25, 0.3) is 0 Å². The lowest BCUT2D eigenvalue weighted by Gasteiger charge is -2.24. The van der Waals surface area contributed by atoms with Crippen LogP contribution in [0.4, 0.5) is 0 Å². The topological polar surface area (TPSA) is 39.7 Å². The summed E-state index contributed by atoms with van der Waals surface area (Å²) in [5.41, 5.74) is 1.31. The van der Waals surface area contributed by atoms with Crippen LogP contribution in [0.25, 0.3) is 0 Å². The van der Waals surface area contributed by atoms with Crippen LogP contribution in [0.2, 0.25) is 0 Å². The predicted molar refractivity (Wildman–Crippen MR) is 110 cm³/mol. The van der Waals surface area contributed by atoms with Gasteiger partial charge in [0.15, 0.2) is 5.96 Å². The number of nitrogens with one attached hydrogen (secondary N) is 2. The molecule has 1 aromatic rings. The van der Waals surface area contributed by atoms with Gasteiger partial charge in [0.2, 0.25) is 0 Å². The average Bonchev–Trinajstić information content (AvgIpc) is 3.01. The van der Waals surface area contributed by atoms with Gasteiger partial charge in [0.05, 0.1) is 12.6 Å². The highest BCUT2D eigenvalue weighted by Crippen LogP contribution is 2.19. The average molecular weight is 430 g/mol. The van der Waals surface area contributed by atoms with Crippen molar-refractivity contribution in [2.75, 3.05) is 27.2 Å².